The van der Waals surface area contributed by atoms with Crippen molar-refractivity contribution in [1.29, 1.82) is 0 Å². The molecule has 0 N–H and O–H groups in total. The highest BCUT2D eigenvalue weighted by atomic mass is 19.3. The van der Waals surface area contributed by atoms with Crippen molar-refractivity contribution in [2.24, 2.45) is 5.92 Å². The first-order valence-corrected chi connectivity index (χ1v) is 8.09. The number of hydrogen-bond donors (Lipinski definition) is 0. The number of nitrogens with zero attached hydrogens (tertiary/aromatic N) is 1. The lowest BCUT2D eigenvalue weighted by molar-refractivity contribution is -0.125. The maximum atomic E-state index is 12.0. The lowest BCUT2D eigenvalue weighted by Crippen LogP contribution is -2.32. The molecule has 0 amide bonds. The van der Waals surface area contributed by atoms with Crippen LogP contribution in [-0.4, -0.2) is 30.3 Å². The van der Waals surface area contributed by atoms with Gasteiger partial charge in [0.25, 0.3) is 0 Å². The number of hydrogen-bond acceptors (Lipinski definition) is 3. The third-order valence-corrected chi connectivity index (χ3v) is 4.84. The van der Waals surface area contributed by atoms with Gasteiger partial charge in [0, 0.05) is 36.5 Å². The first-order chi connectivity index (χ1) is 10.8. The maximum absolute atomic E-state index is 12.0. The van der Waals surface area contributed by atoms with E-state index >= 15 is 0 Å². The van der Waals surface area contributed by atoms with Gasteiger partial charge in [-0.15, -0.1) is 0 Å². The van der Waals surface area contributed by atoms with Gasteiger partial charge in [-0.3, -0.25) is 14.6 Å². The largest absolute Gasteiger partial charge is 0.299 e. The van der Waals surface area contributed by atoms with E-state index in [1.54, 1.807) is 12.1 Å². The molecule has 0 radical (unpaired) electrons. The van der Waals surface area contributed by atoms with E-state index in [4.69, 9.17) is 0 Å². The molecular formula is C18H22FNO2. The predicted octanol–water partition coefficient (Wildman–Crippen LogP) is 3.80. The van der Waals surface area contributed by atoms with Gasteiger partial charge in [-0.25, -0.2) is 0 Å². The van der Waals surface area contributed by atoms with Gasteiger partial charge in [-0.1, -0.05) is 24.6 Å². The molecule has 1 aliphatic carbocycles. The Morgan fingerprint density at radius 2 is 2.05 bits per heavy atom. The molecule has 1 fully saturated rings. The van der Waals surface area contributed by atoms with Crippen LogP contribution in [0.3, 0.4) is 0 Å². The molecule has 0 bridgehead atoms. The molecule has 1 heterocycles. The SMILES string of the molecule is O=C(CCN1CC=C(c2ccc(OF)cc2)CC1)C1CCC1. The Labute approximate surface area is 130 Å². The highest BCUT2D eigenvalue weighted by Crippen LogP contribution is 2.28. The van der Waals surface area contributed by atoms with E-state index in [-0.39, 0.29) is 5.75 Å². The normalized spacial score (nSPS) is 19.4. The molecule has 0 spiro atoms. The van der Waals surface area contributed by atoms with Gasteiger partial charge in [-0.05, 0) is 42.5 Å². The monoisotopic (exact) mass is 303 g/mol. The summed E-state index contributed by atoms with van der Waals surface area (Å²) in [4.78, 5) is 18.0. The molecule has 1 aromatic rings. The van der Waals surface area contributed by atoms with Crippen molar-refractivity contribution in [3.05, 3.63) is 35.9 Å². The lowest BCUT2D eigenvalue weighted by atomic mass is 9.81. The Kier molecular flexibility index (Phi) is 4.88. The van der Waals surface area contributed by atoms with Crippen LogP contribution in [0, 0.1) is 5.92 Å². The van der Waals surface area contributed by atoms with Gasteiger partial charge < -0.3 is 0 Å². The summed E-state index contributed by atoms with van der Waals surface area (Å²) in [5.74, 6) is 1.03. The van der Waals surface area contributed by atoms with Crippen molar-refractivity contribution in [3.63, 3.8) is 0 Å². The summed E-state index contributed by atoms with van der Waals surface area (Å²) >= 11 is 0. The summed E-state index contributed by atoms with van der Waals surface area (Å²) in [6.45, 7) is 2.73. The Morgan fingerprint density at radius 3 is 2.59 bits per heavy atom. The maximum Gasteiger partial charge on any atom is 0.171 e. The molecule has 1 saturated carbocycles. The van der Waals surface area contributed by atoms with E-state index in [9.17, 15) is 9.32 Å². The summed E-state index contributed by atoms with van der Waals surface area (Å²) < 4.78 is 12.0. The standard InChI is InChI=1S/C18H22FNO2/c19-22-17-6-4-14(5-7-17)15-8-11-20(12-9-15)13-10-18(21)16-2-1-3-16/h4-8,16H,1-3,9-13H2. The topological polar surface area (TPSA) is 29.5 Å². The average Bonchev–Trinajstić information content (AvgIpc) is 2.52. The summed E-state index contributed by atoms with van der Waals surface area (Å²) in [6, 6.07) is 7.05. The summed E-state index contributed by atoms with van der Waals surface area (Å²) in [7, 11) is 0. The average molecular weight is 303 g/mol. The fraction of sp³-hybridized carbons (Fsp3) is 0.500. The minimum absolute atomic E-state index is 0.233. The Hall–Kier alpha value is -1.68. The third kappa shape index (κ3) is 3.55. The van der Waals surface area contributed by atoms with E-state index in [0.717, 1.165) is 44.5 Å². The van der Waals surface area contributed by atoms with E-state index in [1.807, 2.05) is 12.1 Å². The molecule has 0 aromatic heterocycles. The van der Waals surface area contributed by atoms with Gasteiger partial charge in [0.05, 0.1) is 0 Å². The number of benzene rings is 1. The van der Waals surface area contributed by atoms with Crippen LogP contribution in [0.1, 0.15) is 37.7 Å². The van der Waals surface area contributed by atoms with Crippen LogP contribution in [0.2, 0.25) is 0 Å². The Morgan fingerprint density at radius 1 is 1.27 bits per heavy atom. The van der Waals surface area contributed by atoms with Crippen molar-refractivity contribution < 1.29 is 14.3 Å². The second-order valence-corrected chi connectivity index (χ2v) is 6.23. The van der Waals surface area contributed by atoms with Crippen LogP contribution in [-0.2, 0) is 4.79 Å². The number of halogens is 1. The van der Waals surface area contributed by atoms with E-state index in [2.05, 4.69) is 15.9 Å². The van der Waals surface area contributed by atoms with Gasteiger partial charge in [0.2, 0.25) is 0 Å². The molecule has 1 aromatic carbocycles. The number of carbonyl (C=O) groups is 1. The fourth-order valence-electron chi connectivity index (χ4n) is 3.10. The van der Waals surface area contributed by atoms with Crippen molar-refractivity contribution in [2.45, 2.75) is 32.1 Å². The Balaban J connectivity index is 1.49. The quantitative estimate of drug-likeness (QED) is 0.800. The van der Waals surface area contributed by atoms with Crippen molar-refractivity contribution >= 4 is 11.4 Å². The molecule has 3 rings (SSSR count). The molecule has 0 atom stereocenters. The first kappa shape index (κ1) is 15.2. The fourth-order valence-corrected chi connectivity index (χ4v) is 3.10. The first-order valence-electron chi connectivity index (χ1n) is 8.09. The van der Waals surface area contributed by atoms with Crippen LogP contribution in [0.15, 0.2) is 30.3 Å². The molecule has 22 heavy (non-hydrogen) atoms. The highest BCUT2D eigenvalue weighted by Gasteiger charge is 2.25. The molecule has 3 nitrogen and oxygen atoms in total. The zero-order valence-corrected chi connectivity index (χ0v) is 12.8. The van der Waals surface area contributed by atoms with Gasteiger partial charge >= 0.3 is 0 Å². The van der Waals surface area contributed by atoms with Crippen LogP contribution in [0.25, 0.3) is 5.57 Å². The number of rotatable bonds is 6. The number of ketones is 1. The van der Waals surface area contributed by atoms with Crippen molar-refractivity contribution in [3.8, 4) is 5.75 Å². The molecule has 4 heteroatoms. The zero-order chi connectivity index (χ0) is 15.4. The van der Waals surface area contributed by atoms with Crippen molar-refractivity contribution in [1.82, 2.24) is 4.90 Å². The molecule has 2 aliphatic rings. The van der Waals surface area contributed by atoms with Gasteiger partial charge in [-0.2, -0.15) is 0 Å². The summed E-state index contributed by atoms with van der Waals surface area (Å²) in [6.07, 6.45) is 7.29. The lowest BCUT2D eigenvalue weighted by Gasteiger charge is -2.28. The van der Waals surface area contributed by atoms with Crippen LogP contribution in [0.4, 0.5) is 4.53 Å². The van der Waals surface area contributed by atoms with Crippen LogP contribution >= 0.6 is 0 Å². The van der Waals surface area contributed by atoms with Gasteiger partial charge in [0.15, 0.2) is 5.75 Å². The minimum atomic E-state index is 0.233. The number of carbonyl (C=O) groups excluding carboxylic acids is 1. The molecule has 118 valence electrons. The molecular weight excluding hydrogens is 281 g/mol. The van der Waals surface area contributed by atoms with E-state index < -0.39 is 0 Å². The second-order valence-electron chi connectivity index (χ2n) is 6.23. The summed E-state index contributed by atoms with van der Waals surface area (Å²) in [5, 5.41) is 0. The predicted molar refractivity (Wildman–Crippen MR) is 84.2 cm³/mol. The van der Waals surface area contributed by atoms with Gasteiger partial charge in [0.1, 0.15) is 5.78 Å². The van der Waals surface area contributed by atoms with E-state index in [1.165, 1.54) is 12.0 Å². The highest BCUT2D eigenvalue weighted by molar-refractivity contribution is 5.81. The van der Waals surface area contributed by atoms with Crippen LogP contribution in [0.5, 0.6) is 5.75 Å². The second kappa shape index (κ2) is 7.05. The number of Topliss-reactive ketones (excluding diaryl/α,β-unsaturated/α-hetero) is 1. The molecule has 0 saturated heterocycles. The third-order valence-electron chi connectivity index (χ3n) is 4.84. The van der Waals surface area contributed by atoms with E-state index in [0.29, 0.717) is 18.1 Å². The molecule has 1 aliphatic heterocycles. The van der Waals surface area contributed by atoms with Crippen LogP contribution < -0.4 is 4.94 Å². The Bertz CT molecular complexity index is 549. The zero-order valence-electron chi connectivity index (χ0n) is 12.8. The smallest absolute Gasteiger partial charge is 0.171 e. The summed E-state index contributed by atoms with van der Waals surface area (Å²) in [5.41, 5.74) is 2.40. The van der Waals surface area contributed by atoms with Crippen molar-refractivity contribution in [2.75, 3.05) is 19.6 Å². The minimum Gasteiger partial charge on any atom is -0.299 e. The molecule has 0 unspecified atom stereocenters.